The van der Waals surface area contributed by atoms with Crippen LogP contribution in [0.5, 0.6) is 0 Å². The van der Waals surface area contributed by atoms with Gasteiger partial charge >= 0.3 is 26.8 Å². The number of rotatable bonds is 14. The number of carboxylic acids is 1. The SMILES string of the molecule is CO[C@H]1CC(NC(C)=O)[C@H](O[C@H]2C[C@H](O)[C@H](OC3C(O)[C@H](/C=N\O)O[C@@H]3COS(=O)(=O)O)OC2C(=O)O)OC1COS(=O)(=O)O. The summed E-state index contributed by atoms with van der Waals surface area (Å²) in [4.78, 5) is 24.0. The lowest BCUT2D eigenvalue weighted by Crippen LogP contribution is -2.60. The van der Waals surface area contributed by atoms with Gasteiger partial charge in [0, 0.05) is 26.9 Å². The Morgan fingerprint density at radius 1 is 0.933 bits per heavy atom. The lowest BCUT2D eigenvalue weighted by molar-refractivity contribution is -0.320. The maximum absolute atomic E-state index is 12.2. The Morgan fingerprint density at radius 2 is 1.56 bits per heavy atom. The van der Waals surface area contributed by atoms with E-state index in [-0.39, 0.29) is 6.42 Å². The van der Waals surface area contributed by atoms with Gasteiger partial charge in [-0.1, -0.05) is 5.16 Å². The standard InChI is InChI=1S/C21H34N2O20S2/c1-8(24)23-9-3-11(36-2)14(6-37-44(30,31)32)41-20(9)40-12-4-10(25)21(43-18(12)19(27)28)42-17-15(7-38-45(33,34)35)39-13(5-22-29)16(17)26/h5,9-18,20-21,25-26,29H,3-4,6-7H2,1-2H3,(H,23,24)(H,27,28)(H,30,31,32)(H,33,34,35)/b22-5-/t9?,10-,11-,12-,13-,14?,15+,16?,17?,18?,20+,21+/m0/s1. The van der Waals surface area contributed by atoms with Gasteiger partial charge in [0.25, 0.3) is 0 Å². The number of aliphatic hydroxyl groups excluding tert-OH is 2. The van der Waals surface area contributed by atoms with Crippen LogP contribution in [0.1, 0.15) is 19.8 Å². The Hall–Kier alpha value is -2.17. The maximum atomic E-state index is 12.2. The molecule has 3 fully saturated rings. The van der Waals surface area contributed by atoms with E-state index >= 15 is 0 Å². The normalized spacial score (nSPS) is 37.9. The van der Waals surface area contributed by atoms with E-state index in [1.54, 1.807) is 0 Å². The first-order valence-electron chi connectivity index (χ1n) is 13.0. The molecule has 0 aromatic heterocycles. The van der Waals surface area contributed by atoms with Gasteiger partial charge in [0.2, 0.25) is 5.91 Å². The van der Waals surface area contributed by atoms with E-state index in [9.17, 15) is 41.7 Å². The Kier molecular flexibility index (Phi) is 12.9. The smallest absolute Gasteiger partial charge is 0.397 e. The second kappa shape index (κ2) is 15.6. The summed E-state index contributed by atoms with van der Waals surface area (Å²) in [5.41, 5.74) is 0. The molecule has 3 saturated heterocycles. The molecule has 45 heavy (non-hydrogen) atoms. The number of hydrogen-bond donors (Lipinski definition) is 7. The zero-order valence-corrected chi connectivity index (χ0v) is 25.1. The molecule has 5 unspecified atom stereocenters. The van der Waals surface area contributed by atoms with Gasteiger partial charge in [-0.2, -0.15) is 16.8 Å². The number of carboxylic acid groups (broad SMARTS) is 1. The molecule has 3 aliphatic heterocycles. The van der Waals surface area contributed by atoms with Crippen molar-refractivity contribution in [3.63, 3.8) is 0 Å². The quantitative estimate of drug-likeness (QED) is 0.0395. The number of carbonyl (C=O) groups excluding carboxylic acids is 1. The highest BCUT2D eigenvalue weighted by Gasteiger charge is 2.51. The molecule has 0 bridgehead atoms. The molecule has 0 aromatic rings. The third-order valence-electron chi connectivity index (χ3n) is 6.83. The molecule has 3 rings (SSSR count). The summed E-state index contributed by atoms with van der Waals surface area (Å²) >= 11 is 0. The minimum atomic E-state index is -4.97. The Labute approximate surface area is 256 Å². The lowest BCUT2D eigenvalue weighted by atomic mass is 9.98. The van der Waals surface area contributed by atoms with E-state index in [1.807, 2.05) is 0 Å². The van der Waals surface area contributed by atoms with Gasteiger partial charge in [0.15, 0.2) is 18.7 Å². The number of hydrogen-bond acceptors (Lipinski definition) is 18. The highest BCUT2D eigenvalue weighted by Crippen LogP contribution is 2.33. The molecule has 24 heteroatoms. The highest BCUT2D eigenvalue weighted by atomic mass is 32.3. The zero-order valence-electron chi connectivity index (χ0n) is 23.5. The maximum Gasteiger partial charge on any atom is 0.397 e. The molecule has 0 aliphatic carbocycles. The van der Waals surface area contributed by atoms with Gasteiger partial charge in [-0.15, -0.1) is 0 Å². The Morgan fingerprint density at radius 3 is 2.09 bits per heavy atom. The molecule has 0 aromatic carbocycles. The molecule has 0 spiro atoms. The van der Waals surface area contributed by atoms with Gasteiger partial charge in [-0.05, 0) is 0 Å². The van der Waals surface area contributed by atoms with Crippen molar-refractivity contribution >= 4 is 38.9 Å². The van der Waals surface area contributed by atoms with Crippen molar-refractivity contribution < 1.29 is 92.8 Å². The third-order valence-corrected chi connectivity index (χ3v) is 7.70. The number of nitrogens with zero attached hydrogens (tertiary/aromatic N) is 1. The van der Waals surface area contributed by atoms with E-state index in [0.717, 1.165) is 6.21 Å². The summed E-state index contributed by atoms with van der Waals surface area (Å²) in [6.07, 6.45) is -16.4. The fourth-order valence-corrected chi connectivity index (χ4v) is 5.54. The molecule has 1 amide bonds. The molecule has 3 heterocycles. The number of aliphatic carboxylic acids is 1. The van der Waals surface area contributed by atoms with Crippen LogP contribution in [0.2, 0.25) is 0 Å². The summed E-state index contributed by atoms with van der Waals surface area (Å²) < 4.78 is 104. The fourth-order valence-electron chi connectivity index (χ4n) is 4.93. The van der Waals surface area contributed by atoms with Crippen molar-refractivity contribution in [2.45, 2.75) is 93.3 Å². The number of carbonyl (C=O) groups is 2. The first-order valence-corrected chi connectivity index (χ1v) is 15.7. The number of aliphatic hydroxyl groups is 2. The number of amides is 1. The molecule has 260 valence electrons. The van der Waals surface area contributed by atoms with Crippen LogP contribution in [0.15, 0.2) is 5.16 Å². The topological polar surface area (TPSA) is 322 Å². The van der Waals surface area contributed by atoms with Crippen molar-refractivity contribution in [2.75, 3.05) is 20.3 Å². The monoisotopic (exact) mass is 698 g/mol. The van der Waals surface area contributed by atoms with Crippen LogP contribution in [0.3, 0.4) is 0 Å². The Bertz CT molecular complexity index is 1260. The summed E-state index contributed by atoms with van der Waals surface area (Å²) in [6, 6.07) is -0.991. The predicted molar refractivity (Wildman–Crippen MR) is 138 cm³/mol. The van der Waals surface area contributed by atoms with Gasteiger partial charge < -0.3 is 54.3 Å². The van der Waals surface area contributed by atoms with Crippen molar-refractivity contribution in [2.24, 2.45) is 5.16 Å². The van der Waals surface area contributed by atoms with Crippen molar-refractivity contribution in [3.8, 4) is 0 Å². The van der Waals surface area contributed by atoms with Crippen molar-refractivity contribution in [1.82, 2.24) is 5.32 Å². The summed E-state index contributed by atoms with van der Waals surface area (Å²) in [5.74, 6) is -2.16. The van der Waals surface area contributed by atoms with Crippen LogP contribution >= 0.6 is 0 Å². The minimum absolute atomic E-state index is 0.0508. The number of nitrogens with one attached hydrogen (secondary N) is 1. The van der Waals surface area contributed by atoms with Gasteiger partial charge in [-0.25, -0.2) is 13.2 Å². The Balaban J connectivity index is 1.78. The molecule has 7 N–H and O–H groups in total. The van der Waals surface area contributed by atoms with Crippen LogP contribution in [0.4, 0.5) is 0 Å². The second-order valence-corrected chi connectivity index (χ2v) is 12.2. The molecular formula is C21H34N2O20S2. The van der Waals surface area contributed by atoms with E-state index in [0.29, 0.717) is 0 Å². The van der Waals surface area contributed by atoms with Crippen molar-refractivity contribution in [1.29, 1.82) is 0 Å². The van der Waals surface area contributed by atoms with Crippen LogP contribution in [0, 0.1) is 0 Å². The first-order chi connectivity index (χ1) is 20.9. The molecule has 0 saturated carbocycles. The van der Waals surface area contributed by atoms with Crippen LogP contribution in [0.25, 0.3) is 0 Å². The fraction of sp³-hybridized carbons (Fsp3) is 0.857. The van der Waals surface area contributed by atoms with Crippen molar-refractivity contribution in [3.05, 3.63) is 0 Å². The van der Waals surface area contributed by atoms with Crippen LogP contribution in [-0.4, -0.2) is 158 Å². The van der Waals surface area contributed by atoms with E-state index < -0.39 is 126 Å². The van der Waals surface area contributed by atoms with Gasteiger partial charge in [-0.3, -0.25) is 13.9 Å². The van der Waals surface area contributed by atoms with E-state index in [4.69, 9.17) is 42.7 Å². The third kappa shape index (κ3) is 10.7. The zero-order chi connectivity index (χ0) is 33.7. The van der Waals surface area contributed by atoms with Gasteiger partial charge in [0.1, 0.15) is 42.7 Å². The summed E-state index contributed by atoms with van der Waals surface area (Å²) in [7, 11) is -8.60. The average Bonchev–Trinajstić information content (AvgIpc) is 3.21. The molecule has 12 atom stereocenters. The van der Waals surface area contributed by atoms with E-state index in [1.165, 1.54) is 14.0 Å². The number of methoxy groups -OCH3 is 1. The molecule has 22 nitrogen and oxygen atoms in total. The molecular weight excluding hydrogens is 664 g/mol. The molecule has 0 radical (unpaired) electrons. The minimum Gasteiger partial charge on any atom is -0.479 e. The highest BCUT2D eigenvalue weighted by molar-refractivity contribution is 7.81. The average molecular weight is 699 g/mol. The summed E-state index contributed by atoms with van der Waals surface area (Å²) in [6.45, 7) is -0.488. The van der Waals surface area contributed by atoms with E-state index in [2.05, 4.69) is 18.8 Å². The second-order valence-electron chi connectivity index (χ2n) is 10.0. The largest absolute Gasteiger partial charge is 0.479 e. The van der Waals surface area contributed by atoms with Crippen LogP contribution < -0.4 is 5.32 Å². The lowest BCUT2D eigenvalue weighted by Gasteiger charge is -2.44. The first kappa shape index (κ1) is 37.3. The number of oxime groups is 1. The van der Waals surface area contributed by atoms with Gasteiger partial charge in [0.05, 0.1) is 31.6 Å². The molecule has 3 aliphatic rings. The summed E-state index contributed by atoms with van der Waals surface area (Å²) in [5, 5.41) is 45.4. The predicted octanol–water partition coefficient (Wildman–Crippen LogP) is -3.82. The van der Waals surface area contributed by atoms with Crippen LogP contribution in [-0.2, 0) is 67.2 Å². The number of ether oxygens (including phenoxy) is 6.